The third-order valence-electron chi connectivity index (χ3n) is 4.72. The van der Waals surface area contributed by atoms with Crippen LogP contribution in [0.1, 0.15) is 35.3 Å². The van der Waals surface area contributed by atoms with Crippen molar-refractivity contribution in [2.75, 3.05) is 18.0 Å². The first-order chi connectivity index (χ1) is 13.9. The molecule has 5 nitrogen and oxygen atoms in total. The van der Waals surface area contributed by atoms with Gasteiger partial charge in [-0.3, -0.25) is 15.0 Å². The molecule has 29 heavy (non-hydrogen) atoms. The molecule has 1 fully saturated rings. The molecule has 2 aromatic rings. The summed E-state index contributed by atoms with van der Waals surface area (Å²) >= 11 is 6.49. The number of hydrogen-bond donors (Lipinski definition) is 1. The van der Waals surface area contributed by atoms with E-state index in [1.165, 1.54) is 11.8 Å². The normalized spacial score (nSPS) is 15.1. The van der Waals surface area contributed by atoms with E-state index < -0.39 is 0 Å². The van der Waals surface area contributed by atoms with Crippen molar-refractivity contribution < 1.29 is 9.59 Å². The lowest BCUT2D eigenvalue weighted by molar-refractivity contribution is -0.123. The highest BCUT2D eigenvalue weighted by molar-refractivity contribution is 8.26. The van der Waals surface area contributed by atoms with Gasteiger partial charge in [0.1, 0.15) is 0 Å². The second-order valence-corrected chi connectivity index (χ2v) is 8.21. The van der Waals surface area contributed by atoms with E-state index in [4.69, 9.17) is 12.2 Å². The molecule has 2 aromatic carbocycles. The number of benzene rings is 2. The SMILES string of the molecule is CCN(CC)c1ccc(C=C2SC(=S)N(NC(=O)c3ccccc3C)C2=O)cc1. The van der Waals surface area contributed by atoms with Crippen LogP contribution < -0.4 is 10.3 Å². The number of aryl methyl sites for hydroxylation is 1. The number of thiocarbonyl (C=S) groups is 1. The molecule has 1 N–H and O–H groups in total. The van der Waals surface area contributed by atoms with Crippen LogP contribution in [0.15, 0.2) is 53.4 Å². The molecule has 1 heterocycles. The van der Waals surface area contributed by atoms with Crippen LogP contribution in [0, 0.1) is 6.92 Å². The van der Waals surface area contributed by atoms with Crippen molar-refractivity contribution >= 4 is 51.9 Å². The molecule has 3 rings (SSSR count). The van der Waals surface area contributed by atoms with E-state index in [9.17, 15) is 9.59 Å². The average Bonchev–Trinajstić information content (AvgIpc) is 2.97. The van der Waals surface area contributed by atoms with Gasteiger partial charge in [-0.15, -0.1) is 0 Å². The Hall–Kier alpha value is -2.64. The van der Waals surface area contributed by atoms with Crippen LogP contribution in [0.3, 0.4) is 0 Å². The van der Waals surface area contributed by atoms with Crippen LogP contribution >= 0.6 is 24.0 Å². The lowest BCUT2D eigenvalue weighted by Crippen LogP contribution is -2.45. The van der Waals surface area contributed by atoms with Gasteiger partial charge in [-0.05, 0) is 68.4 Å². The Kier molecular flexibility index (Phi) is 6.71. The Morgan fingerprint density at radius 1 is 1.14 bits per heavy atom. The summed E-state index contributed by atoms with van der Waals surface area (Å²) in [6.07, 6.45) is 1.80. The highest BCUT2D eigenvalue weighted by atomic mass is 32.2. The summed E-state index contributed by atoms with van der Waals surface area (Å²) in [6.45, 7) is 7.97. The van der Waals surface area contributed by atoms with Crippen molar-refractivity contribution in [2.45, 2.75) is 20.8 Å². The fourth-order valence-corrected chi connectivity index (χ4v) is 4.25. The molecular weight excluding hydrogens is 402 g/mol. The molecule has 1 aliphatic heterocycles. The molecule has 0 radical (unpaired) electrons. The number of carbonyl (C=O) groups is 2. The number of rotatable bonds is 6. The van der Waals surface area contributed by atoms with Crippen LogP contribution in [0.25, 0.3) is 6.08 Å². The molecule has 0 aromatic heterocycles. The molecule has 7 heteroatoms. The van der Waals surface area contributed by atoms with E-state index in [1.807, 2.05) is 43.3 Å². The molecule has 0 unspecified atom stereocenters. The minimum Gasteiger partial charge on any atom is -0.372 e. The second kappa shape index (κ2) is 9.24. The van der Waals surface area contributed by atoms with Gasteiger partial charge < -0.3 is 4.90 Å². The molecule has 2 amide bonds. The monoisotopic (exact) mass is 425 g/mol. The number of nitrogens with one attached hydrogen (secondary N) is 1. The van der Waals surface area contributed by atoms with E-state index in [1.54, 1.807) is 18.2 Å². The fourth-order valence-electron chi connectivity index (χ4n) is 3.08. The Balaban J connectivity index is 1.74. The molecule has 1 aliphatic rings. The number of nitrogens with zero attached hydrogens (tertiary/aromatic N) is 2. The van der Waals surface area contributed by atoms with Crippen LogP contribution in [0.2, 0.25) is 0 Å². The van der Waals surface area contributed by atoms with Crippen LogP contribution in [0.5, 0.6) is 0 Å². The Labute approximate surface area is 180 Å². The predicted molar refractivity (Wildman–Crippen MR) is 124 cm³/mol. The summed E-state index contributed by atoms with van der Waals surface area (Å²) in [4.78, 5) is 28.0. The van der Waals surface area contributed by atoms with Crippen LogP contribution in [0.4, 0.5) is 5.69 Å². The maximum atomic E-state index is 12.8. The number of anilines is 1. The fraction of sp³-hybridized carbons (Fsp3) is 0.227. The number of hydrazine groups is 1. The first kappa shape index (κ1) is 21.1. The molecule has 1 saturated heterocycles. The zero-order valence-corrected chi connectivity index (χ0v) is 18.3. The quantitative estimate of drug-likeness (QED) is 0.550. The summed E-state index contributed by atoms with van der Waals surface area (Å²) in [6, 6.07) is 15.3. The Morgan fingerprint density at radius 2 is 1.79 bits per heavy atom. The molecule has 0 atom stereocenters. The smallest absolute Gasteiger partial charge is 0.285 e. The van der Waals surface area contributed by atoms with Gasteiger partial charge in [0.25, 0.3) is 11.8 Å². The van der Waals surface area contributed by atoms with E-state index >= 15 is 0 Å². The molecular formula is C22H23N3O2S2. The van der Waals surface area contributed by atoms with Crippen LogP contribution in [-0.4, -0.2) is 34.2 Å². The van der Waals surface area contributed by atoms with Crippen molar-refractivity contribution in [3.63, 3.8) is 0 Å². The Morgan fingerprint density at radius 3 is 2.41 bits per heavy atom. The lowest BCUT2D eigenvalue weighted by Gasteiger charge is -2.20. The third-order valence-corrected chi connectivity index (χ3v) is 6.02. The predicted octanol–water partition coefficient (Wildman–Crippen LogP) is 4.39. The van der Waals surface area contributed by atoms with Gasteiger partial charge in [0.15, 0.2) is 4.32 Å². The minimum atomic E-state index is -0.357. The largest absolute Gasteiger partial charge is 0.372 e. The van der Waals surface area contributed by atoms with Gasteiger partial charge in [0.2, 0.25) is 0 Å². The second-order valence-electron chi connectivity index (χ2n) is 6.54. The van der Waals surface area contributed by atoms with E-state index in [0.29, 0.717) is 14.8 Å². The zero-order valence-electron chi connectivity index (χ0n) is 16.6. The number of thioether (sulfide) groups is 1. The summed E-state index contributed by atoms with van der Waals surface area (Å²) in [5, 5.41) is 1.14. The first-order valence-electron chi connectivity index (χ1n) is 9.44. The van der Waals surface area contributed by atoms with Crippen LogP contribution in [-0.2, 0) is 4.79 Å². The average molecular weight is 426 g/mol. The third kappa shape index (κ3) is 4.68. The highest BCUT2D eigenvalue weighted by Gasteiger charge is 2.33. The van der Waals surface area contributed by atoms with E-state index in [2.05, 4.69) is 24.2 Å². The topological polar surface area (TPSA) is 52.6 Å². The van der Waals surface area contributed by atoms with Crippen molar-refractivity contribution in [1.82, 2.24) is 10.4 Å². The van der Waals surface area contributed by atoms with Crippen molar-refractivity contribution in [2.24, 2.45) is 0 Å². The molecule has 150 valence electrons. The van der Waals surface area contributed by atoms with Gasteiger partial charge in [0, 0.05) is 24.3 Å². The van der Waals surface area contributed by atoms with Crippen molar-refractivity contribution in [3.05, 3.63) is 70.1 Å². The van der Waals surface area contributed by atoms with Gasteiger partial charge in [-0.25, -0.2) is 0 Å². The number of hydrogen-bond acceptors (Lipinski definition) is 5. The van der Waals surface area contributed by atoms with Crippen molar-refractivity contribution in [3.8, 4) is 0 Å². The first-order valence-corrected chi connectivity index (χ1v) is 10.7. The van der Waals surface area contributed by atoms with E-state index in [0.717, 1.165) is 34.9 Å². The molecule has 0 saturated carbocycles. The van der Waals surface area contributed by atoms with Gasteiger partial charge in [-0.2, -0.15) is 5.01 Å². The lowest BCUT2D eigenvalue weighted by atomic mass is 10.1. The summed E-state index contributed by atoms with van der Waals surface area (Å²) < 4.78 is 0.308. The molecule has 0 aliphatic carbocycles. The molecule has 0 spiro atoms. The van der Waals surface area contributed by atoms with Gasteiger partial charge in [0.05, 0.1) is 4.91 Å². The maximum absolute atomic E-state index is 12.8. The standard InChI is InChI=1S/C22H23N3O2S2/c1-4-24(5-2)17-12-10-16(11-13-17)14-19-21(27)25(22(28)29-19)23-20(26)18-9-7-6-8-15(18)3/h6-14H,4-5H2,1-3H3,(H,23,26). The summed E-state index contributed by atoms with van der Waals surface area (Å²) in [5.41, 5.74) is 6.02. The van der Waals surface area contributed by atoms with Gasteiger partial charge >= 0.3 is 0 Å². The van der Waals surface area contributed by atoms with Gasteiger partial charge in [-0.1, -0.05) is 42.1 Å². The highest BCUT2D eigenvalue weighted by Crippen LogP contribution is 2.32. The van der Waals surface area contributed by atoms with Crippen molar-refractivity contribution in [1.29, 1.82) is 0 Å². The summed E-state index contributed by atoms with van der Waals surface area (Å²) in [5.74, 6) is -0.682. The number of carbonyl (C=O) groups excluding carboxylic acids is 2. The zero-order chi connectivity index (χ0) is 21.0. The molecule has 0 bridgehead atoms. The maximum Gasteiger partial charge on any atom is 0.285 e. The van der Waals surface area contributed by atoms with E-state index in [-0.39, 0.29) is 11.8 Å². The number of amides is 2. The Bertz CT molecular complexity index is 966. The summed E-state index contributed by atoms with van der Waals surface area (Å²) in [7, 11) is 0. The minimum absolute atomic E-state index is 0.308.